The molecule has 1 amide bonds. The molecule has 2 unspecified atom stereocenters. The molecule has 1 fully saturated rings. The Kier molecular flexibility index (Phi) is 4.08. The van der Waals surface area contributed by atoms with Crippen LogP contribution in [0, 0.1) is 11.7 Å². The van der Waals surface area contributed by atoms with Crippen molar-refractivity contribution in [2.75, 3.05) is 18.9 Å². The van der Waals surface area contributed by atoms with Gasteiger partial charge in [-0.2, -0.15) is 0 Å². The topological polar surface area (TPSA) is 32.3 Å². The summed E-state index contributed by atoms with van der Waals surface area (Å²) in [6.45, 7) is 5.02. The summed E-state index contributed by atoms with van der Waals surface area (Å²) in [5.74, 6) is 0.185. The van der Waals surface area contributed by atoms with Crippen LogP contribution in [0.1, 0.15) is 37.0 Å². The number of hydrogen-bond donors (Lipinski definition) is 1. The highest BCUT2D eigenvalue weighted by atomic mass is 19.1. The lowest BCUT2D eigenvalue weighted by atomic mass is 9.92. The largest absolute Gasteiger partial charge is 0.385 e. The van der Waals surface area contributed by atoms with Crippen molar-refractivity contribution in [1.82, 2.24) is 4.90 Å². The molecule has 1 aliphatic heterocycles. The van der Waals surface area contributed by atoms with Crippen molar-refractivity contribution < 1.29 is 9.18 Å². The smallest absolute Gasteiger partial charge is 0.256 e. The molecule has 2 rings (SSSR count). The molecule has 2 atom stereocenters. The van der Waals surface area contributed by atoms with Gasteiger partial charge in [0.15, 0.2) is 0 Å². The van der Waals surface area contributed by atoms with Gasteiger partial charge in [-0.3, -0.25) is 4.79 Å². The fraction of sp³-hybridized carbons (Fsp3) is 0.533. The Balaban J connectivity index is 2.27. The zero-order valence-corrected chi connectivity index (χ0v) is 11.7. The van der Waals surface area contributed by atoms with E-state index in [9.17, 15) is 9.18 Å². The summed E-state index contributed by atoms with van der Waals surface area (Å²) >= 11 is 0. The molecule has 0 radical (unpaired) electrons. The van der Waals surface area contributed by atoms with Crippen LogP contribution in [-0.2, 0) is 0 Å². The van der Waals surface area contributed by atoms with E-state index in [1.54, 1.807) is 19.2 Å². The van der Waals surface area contributed by atoms with Gasteiger partial charge in [-0.05, 0) is 37.8 Å². The van der Waals surface area contributed by atoms with Crippen molar-refractivity contribution in [3.05, 3.63) is 29.6 Å². The number of benzene rings is 1. The predicted molar refractivity (Wildman–Crippen MR) is 74.8 cm³/mol. The fourth-order valence-electron chi connectivity index (χ4n) is 2.82. The third-order valence-corrected chi connectivity index (χ3v) is 3.89. The zero-order valence-electron chi connectivity index (χ0n) is 11.7. The Bertz CT molecular complexity index is 475. The van der Waals surface area contributed by atoms with Gasteiger partial charge in [0.05, 0.1) is 11.3 Å². The van der Waals surface area contributed by atoms with Crippen LogP contribution in [0.25, 0.3) is 0 Å². The molecule has 0 saturated carbocycles. The quantitative estimate of drug-likeness (QED) is 0.890. The number of nitrogens with zero attached hydrogens (tertiary/aromatic N) is 1. The molecule has 19 heavy (non-hydrogen) atoms. The van der Waals surface area contributed by atoms with E-state index in [0.717, 1.165) is 19.4 Å². The van der Waals surface area contributed by atoms with Crippen molar-refractivity contribution in [3.63, 3.8) is 0 Å². The van der Waals surface area contributed by atoms with Gasteiger partial charge in [-0.1, -0.05) is 13.0 Å². The number of likely N-dealkylation sites (tertiary alicyclic amines) is 1. The number of carbonyl (C=O) groups excluding carboxylic acids is 1. The van der Waals surface area contributed by atoms with Gasteiger partial charge >= 0.3 is 0 Å². The first-order chi connectivity index (χ1) is 9.04. The Morgan fingerprint density at radius 1 is 1.42 bits per heavy atom. The molecule has 1 saturated heterocycles. The van der Waals surface area contributed by atoms with Gasteiger partial charge < -0.3 is 10.2 Å². The molecule has 4 heteroatoms. The number of nitrogens with one attached hydrogen (secondary N) is 1. The molecule has 0 aromatic heterocycles. The minimum atomic E-state index is -0.383. The zero-order chi connectivity index (χ0) is 14.0. The number of amides is 1. The van der Waals surface area contributed by atoms with E-state index in [-0.39, 0.29) is 17.8 Å². The van der Waals surface area contributed by atoms with Crippen LogP contribution in [0.3, 0.4) is 0 Å². The number of para-hydroxylation sites is 1. The normalized spacial score (nSPS) is 23.3. The standard InChI is InChI=1S/C15H21FN2O/c1-10-7-8-18(11(2)9-10)15(19)12-5-4-6-13(16)14(12)17-3/h4-6,10-11,17H,7-9H2,1-3H3. The van der Waals surface area contributed by atoms with Crippen LogP contribution < -0.4 is 5.32 Å². The second-order valence-corrected chi connectivity index (χ2v) is 5.39. The number of carbonyl (C=O) groups is 1. The molecule has 0 aliphatic carbocycles. The van der Waals surface area contributed by atoms with Crippen LogP contribution in [0.5, 0.6) is 0 Å². The maximum atomic E-state index is 13.7. The molecule has 1 aromatic carbocycles. The molecular weight excluding hydrogens is 243 g/mol. The van der Waals surface area contributed by atoms with E-state index in [2.05, 4.69) is 19.2 Å². The van der Waals surface area contributed by atoms with Gasteiger partial charge in [0, 0.05) is 19.6 Å². The van der Waals surface area contributed by atoms with E-state index in [1.807, 2.05) is 4.90 Å². The average molecular weight is 264 g/mol. The predicted octanol–water partition coefficient (Wildman–Crippen LogP) is 3.13. The molecular formula is C15H21FN2O. The first kappa shape index (κ1) is 13.8. The van der Waals surface area contributed by atoms with Gasteiger partial charge in [0.25, 0.3) is 5.91 Å². The van der Waals surface area contributed by atoms with Crippen molar-refractivity contribution in [2.45, 2.75) is 32.7 Å². The first-order valence-electron chi connectivity index (χ1n) is 6.81. The SMILES string of the molecule is CNc1c(F)cccc1C(=O)N1CCC(C)CC1C. The highest BCUT2D eigenvalue weighted by molar-refractivity contribution is 5.99. The van der Waals surface area contributed by atoms with E-state index in [1.165, 1.54) is 6.07 Å². The summed E-state index contributed by atoms with van der Waals surface area (Å²) in [5.41, 5.74) is 0.710. The fourth-order valence-corrected chi connectivity index (χ4v) is 2.82. The molecule has 3 nitrogen and oxygen atoms in total. The molecule has 1 heterocycles. The van der Waals surface area contributed by atoms with E-state index in [0.29, 0.717) is 17.2 Å². The Labute approximate surface area is 113 Å². The molecule has 0 spiro atoms. The van der Waals surface area contributed by atoms with Crippen molar-refractivity contribution in [1.29, 1.82) is 0 Å². The van der Waals surface area contributed by atoms with Crippen molar-refractivity contribution in [2.24, 2.45) is 5.92 Å². The monoisotopic (exact) mass is 264 g/mol. The summed E-state index contributed by atoms with van der Waals surface area (Å²) < 4.78 is 13.7. The molecule has 1 N–H and O–H groups in total. The summed E-state index contributed by atoms with van der Waals surface area (Å²) in [6, 6.07) is 4.84. The van der Waals surface area contributed by atoms with Crippen molar-refractivity contribution in [3.8, 4) is 0 Å². The third kappa shape index (κ3) is 2.72. The van der Waals surface area contributed by atoms with Gasteiger partial charge in [-0.15, -0.1) is 0 Å². The molecule has 0 bridgehead atoms. The van der Waals surface area contributed by atoms with Crippen molar-refractivity contribution >= 4 is 11.6 Å². The molecule has 1 aromatic rings. The van der Waals surface area contributed by atoms with Crippen LogP contribution in [0.4, 0.5) is 10.1 Å². The number of rotatable bonds is 2. The van der Waals surface area contributed by atoms with Gasteiger partial charge in [0.2, 0.25) is 0 Å². The summed E-state index contributed by atoms with van der Waals surface area (Å²) in [5, 5.41) is 2.78. The highest BCUT2D eigenvalue weighted by Gasteiger charge is 2.29. The lowest BCUT2D eigenvalue weighted by Gasteiger charge is -2.36. The van der Waals surface area contributed by atoms with E-state index >= 15 is 0 Å². The van der Waals surface area contributed by atoms with E-state index < -0.39 is 0 Å². The number of anilines is 1. The Morgan fingerprint density at radius 2 is 2.16 bits per heavy atom. The number of piperidine rings is 1. The Morgan fingerprint density at radius 3 is 2.79 bits per heavy atom. The van der Waals surface area contributed by atoms with Crippen LogP contribution in [0.2, 0.25) is 0 Å². The van der Waals surface area contributed by atoms with Crippen LogP contribution in [0.15, 0.2) is 18.2 Å². The minimum absolute atomic E-state index is 0.0803. The summed E-state index contributed by atoms with van der Waals surface area (Å²) in [7, 11) is 1.64. The molecule has 1 aliphatic rings. The maximum absolute atomic E-state index is 13.7. The molecule has 104 valence electrons. The summed E-state index contributed by atoms with van der Waals surface area (Å²) in [6.07, 6.45) is 2.02. The van der Waals surface area contributed by atoms with Crippen LogP contribution >= 0.6 is 0 Å². The summed E-state index contributed by atoms with van der Waals surface area (Å²) in [4.78, 5) is 14.4. The number of halogens is 1. The first-order valence-corrected chi connectivity index (χ1v) is 6.81. The van der Waals surface area contributed by atoms with Crippen LogP contribution in [-0.4, -0.2) is 30.4 Å². The Hall–Kier alpha value is -1.58. The maximum Gasteiger partial charge on any atom is 0.256 e. The average Bonchev–Trinajstić information content (AvgIpc) is 2.37. The lowest BCUT2D eigenvalue weighted by molar-refractivity contribution is 0.0589. The third-order valence-electron chi connectivity index (χ3n) is 3.89. The van der Waals surface area contributed by atoms with Gasteiger partial charge in [0.1, 0.15) is 5.82 Å². The lowest BCUT2D eigenvalue weighted by Crippen LogP contribution is -2.44. The highest BCUT2D eigenvalue weighted by Crippen LogP contribution is 2.27. The van der Waals surface area contributed by atoms with Gasteiger partial charge in [-0.25, -0.2) is 4.39 Å². The minimum Gasteiger partial charge on any atom is -0.385 e. The number of hydrogen-bond acceptors (Lipinski definition) is 2. The van der Waals surface area contributed by atoms with E-state index in [4.69, 9.17) is 0 Å². The second kappa shape index (κ2) is 5.59. The second-order valence-electron chi connectivity index (χ2n) is 5.39.